The van der Waals surface area contributed by atoms with E-state index in [1.807, 2.05) is 0 Å². The van der Waals surface area contributed by atoms with Crippen molar-refractivity contribution in [1.29, 1.82) is 0 Å². The zero-order valence-corrected chi connectivity index (χ0v) is 32.7. The molecule has 2 unspecified atom stereocenters. The number of ether oxygens (including phenoxy) is 9. The average molecular weight is 865 g/mol. The molecule has 3 aliphatic heterocycles. The van der Waals surface area contributed by atoms with Crippen LogP contribution in [0, 0.1) is 0 Å². The lowest BCUT2D eigenvalue weighted by atomic mass is 9.97. The van der Waals surface area contributed by atoms with Gasteiger partial charge in [-0.3, -0.25) is 0 Å². The van der Waals surface area contributed by atoms with E-state index in [1.165, 1.54) is 32.4 Å². The van der Waals surface area contributed by atoms with E-state index in [1.54, 1.807) is 18.2 Å². The summed E-state index contributed by atoms with van der Waals surface area (Å²) in [4.78, 5) is 0. The van der Waals surface area contributed by atoms with Gasteiger partial charge in [-0.25, -0.2) is 0 Å². The molecule has 13 N–H and O–H groups in total. The first-order valence-corrected chi connectivity index (χ1v) is 19.2. The van der Waals surface area contributed by atoms with Crippen molar-refractivity contribution in [2.24, 2.45) is 0 Å². The summed E-state index contributed by atoms with van der Waals surface area (Å²) in [5.41, 5.74) is 1.05. The Morgan fingerprint density at radius 3 is 1.77 bits per heavy atom. The maximum absolute atomic E-state index is 11.4. The molecule has 0 bridgehead atoms. The maximum Gasteiger partial charge on any atom is 0.229 e. The highest BCUT2D eigenvalue weighted by Gasteiger charge is 2.52. The Hall–Kier alpha value is -3.08. The number of methoxy groups -OCH3 is 2. The number of hydrogen-bond acceptors (Lipinski definition) is 22. The van der Waals surface area contributed by atoms with Gasteiger partial charge in [0.25, 0.3) is 0 Å². The van der Waals surface area contributed by atoms with Crippen LogP contribution in [0.4, 0.5) is 0 Å². The van der Waals surface area contributed by atoms with E-state index in [9.17, 15) is 66.4 Å². The Balaban J connectivity index is 1.38. The SMILES string of the molecule is COc1cc(CCCO)ccc1OC(CO)C(O)c1ccc(O[C@@H]2O[C@H](CO[C@@H]3O[C@H](CO)[C@@H](O)[C@H](O)[C@H]3O)[C@@H](O)[C@H](O)[C@H]2O[C@@H]2O[C@H](CO)[C@@H](O)[C@H](O)[C@H]2O)c(OC)c1. The van der Waals surface area contributed by atoms with Gasteiger partial charge in [-0.15, -0.1) is 0 Å². The third-order valence-electron chi connectivity index (χ3n) is 10.5. The molecule has 340 valence electrons. The molecule has 22 heteroatoms. The standard InChI is InChI=1S/C38H56O22/c1-52-20-10-16(4-3-9-39)5-7-18(20)55-22(12-40)26(43)17-6-8-19(21(11-17)53-2)56-38-35(60-37-34(51)31(48)28(45)24(14-42)58-37)32(49)29(46)25(59-38)15-54-36-33(50)30(47)27(44)23(13-41)57-36/h5-8,10-11,22-51H,3-4,9,12-15H2,1-2H3/t22?,23-,24-,25-,26?,27-,28-,29-,30+,31+,32+,33-,34-,35-,36-,37+,38-/m1/s1. The predicted octanol–water partition coefficient (Wildman–Crippen LogP) is -5.07. The van der Waals surface area contributed by atoms with Crippen molar-refractivity contribution in [1.82, 2.24) is 0 Å². The number of hydrogen-bond donors (Lipinski definition) is 13. The van der Waals surface area contributed by atoms with Crippen LogP contribution in [-0.2, 0) is 30.1 Å². The second-order valence-corrected chi connectivity index (χ2v) is 14.5. The Bertz CT molecular complexity index is 1610. The van der Waals surface area contributed by atoms with Crippen LogP contribution < -0.4 is 18.9 Å². The third-order valence-corrected chi connectivity index (χ3v) is 10.5. The zero-order valence-electron chi connectivity index (χ0n) is 32.7. The summed E-state index contributed by atoms with van der Waals surface area (Å²) in [5, 5.41) is 135. The first-order chi connectivity index (χ1) is 28.7. The second kappa shape index (κ2) is 21.8. The second-order valence-electron chi connectivity index (χ2n) is 14.5. The van der Waals surface area contributed by atoms with Gasteiger partial charge in [-0.1, -0.05) is 12.1 Å². The summed E-state index contributed by atoms with van der Waals surface area (Å²) in [7, 11) is 2.69. The van der Waals surface area contributed by atoms with Crippen LogP contribution in [0.25, 0.3) is 0 Å². The fraction of sp³-hybridized carbons (Fsp3) is 0.684. The minimum atomic E-state index is -1.96. The molecule has 0 radical (unpaired) electrons. The molecule has 2 aromatic rings. The summed E-state index contributed by atoms with van der Waals surface area (Å²) in [6.45, 7) is -2.87. The summed E-state index contributed by atoms with van der Waals surface area (Å²) >= 11 is 0. The number of aliphatic hydroxyl groups is 13. The van der Waals surface area contributed by atoms with Crippen LogP contribution in [0.2, 0.25) is 0 Å². The molecule has 17 atom stereocenters. The van der Waals surface area contributed by atoms with Crippen molar-refractivity contribution < 1.29 is 109 Å². The highest BCUT2D eigenvalue weighted by molar-refractivity contribution is 5.45. The average Bonchev–Trinajstić information content (AvgIpc) is 3.26. The molecular formula is C38H56O22. The van der Waals surface area contributed by atoms with E-state index in [2.05, 4.69) is 0 Å². The smallest absolute Gasteiger partial charge is 0.229 e. The molecule has 0 amide bonds. The molecule has 3 heterocycles. The quantitative estimate of drug-likeness (QED) is 0.0628. The lowest BCUT2D eigenvalue weighted by Crippen LogP contribution is -2.65. The van der Waals surface area contributed by atoms with Crippen molar-refractivity contribution in [3.63, 3.8) is 0 Å². The molecule has 60 heavy (non-hydrogen) atoms. The molecule has 0 aliphatic carbocycles. The van der Waals surface area contributed by atoms with E-state index in [-0.39, 0.29) is 29.4 Å². The van der Waals surface area contributed by atoms with Crippen LogP contribution >= 0.6 is 0 Å². The Labute approximate surface area is 343 Å². The topological polar surface area (TPSA) is 346 Å². The van der Waals surface area contributed by atoms with Gasteiger partial charge in [0, 0.05) is 6.61 Å². The van der Waals surface area contributed by atoms with Gasteiger partial charge in [0.15, 0.2) is 47.8 Å². The van der Waals surface area contributed by atoms with E-state index >= 15 is 0 Å². The fourth-order valence-corrected chi connectivity index (χ4v) is 6.93. The van der Waals surface area contributed by atoms with Crippen molar-refractivity contribution in [2.45, 2.75) is 117 Å². The minimum absolute atomic E-state index is 0.00586. The maximum atomic E-state index is 11.4. The largest absolute Gasteiger partial charge is 0.493 e. The lowest BCUT2D eigenvalue weighted by molar-refractivity contribution is -0.363. The van der Waals surface area contributed by atoms with Crippen molar-refractivity contribution >= 4 is 0 Å². The molecule has 0 spiro atoms. The monoisotopic (exact) mass is 864 g/mol. The molecule has 22 nitrogen and oxygen atoms in total. The molecule has 3 aliphatic rings. The Morgan fingerprint density at radius 1 is 0.600 bits per heavy atom. The van der Waals surface area contributed by atoms with E-state index in [4.69, 9.17) is 42.6 Å². The molecule has 3 fully saturated rings. The van der Waals surface area contributed by atoms with Gasteiger partial charge in [-0.2, -0.15) is 0 Å². The summed E-state index contributed by atoms with van der Waals surface area (Å²) in [6, 6.07) is 9.15. The Kier molecular flexibility index (Phi) is 17.4. The highest BCUT2D eigenvalue weighted by atomic mass is 16.8. The van der Waals surface area contributed by atoms with Crippen molar-refractivity contribution in [3.05, 3.63) is 47.5 Å². The van der Waals surface area contributed by atoms with E-state index in [0.717, 1.165) is 5.56 Å². The minimum Gasteiger partial charge on any atom is -0.493 e. The van der Waals surface area contributed by atoms with Crippen LogP contribution in [-0.4, -0.2) is 212 Å². The van der Waals surface area contributed by atoms with Crippen molar-refractivity contribution in [2.75, 3.05) is 47.3 Å². The number of aliphatic hydroxyl groups excluding tert-OH is 13. The van der Waals surface area contributed by atoms with Gasteiger partial charge in [0.05, 0.1) is 40.6 Å². The fourth-order valence-electron chi connectivity index (χ4n) is 6.93. The molecule has 0 aromatic heterocycles. The molecule has 3 saturated heterocycles. The van der Waals surface area contributed by atoms with Gasteiger partial charge < -0.3 is 109 Å². The summed E-state index contributed by atoms with van der Waals surface area (Å²) < 4.78 is 51.2. The van der Waals surface area contributed by atoms with Crippen LogP contribution in [0.15, 0.2) is 36.4 Å². The molecule has 5 rings (SSSR count). The predicted molar refractivity (Wildman–Crippen MR) is 198 cm³/mol. The first-order valence-electron chi connectivity index (χ1n) is 19.2. The first kappa shape index (κ1) is 48.0. The zero-order chi connectivity index (χ0) is 43.8. The summed E-state index contributed by atoms with van der Waals surface area (Å²) in [6.07, 6.45) is -27.6. The van der Waals surface area contributed by atoms with Gasteiger partial charge >= 0.3 is 0 Å². The number of rotatable bonds is 19. The third kappa shape index (κ3) is 10.7. The van der Waals surface area contributed by atoms with Crippen LogP contribution in [0.1, 0.15) is 23.7 Å². The van der Waals surface area contributed by atoms with E-state index in [0.29, 0.717) is 18.6 Å². The molecular weight excluding hydrogens is 808 g/mol. The normalized spacial score (nSPS) is 35.7. The van der Waals surface area contributed by atoms with Crippen LogP contribution in [0.3, 0.4) is 0 Å². The Morgan fingerprint density at radius 2 is 1.17 bits per heavy atom. The van der Waals surface area contributed by atoms with Gasteiger partial charge in [0.2, 0.25) is 6.29 Å². The van der Waals surface area contributed by atoms with Gasteiger partial charge in [0.1, 0.15) is 73.2 Å². The molecule has 0 saturated carbocycles. The lowest BCUT2D eigenvalue weighted by Gasteiger charge is -2.46. The van der Waals surface area contributed by atoms with Crippen LogP contribution in [0.5, 0.6) is 23.0 Å². The summed E-state index contributed by atoms with van der Waals surface area (Å²) in [5.74, 6) is 0.397. The number of benzene rings is 2. The van der Waals surface area contributed by atoms with E-state index < -0.39 is 131 Å². The highest BCUT2D eigenvalue weighted by Crippen LogP contribution is 2.38. The van der Waals surface area contributed by atoms with Gasteiger partial charge in [-0.05, 0) is 48.2 Å². The molecule has 2 aromatic carbocycles. The number of aryl methyl sites for hydroxylation is 1. The van der Waals surface area contributed by atoms with Crippen molar-refractivity contribution in [3.8, 4) is 23.0 Å².